The Morgan fingerprint density at radius 2 is 2.29 bits per heavy atom. The van der Waals surface area contributed by atoms with Crippen molar-refractivity contribution in [1.82, 2.24) is 0 Å². The molecule has 1 aromatic heterocycles. The number of aliphatic hydroxyl groups excluding tert-OH is 1. The van der Waals surface area contributed by atoms with Gasteiger partial charge in [-0.15, -0.1) is 11.3 Å². The minimum Gasteiger partial charge on any atom is -0.388 e. The van der Waals surface area contributed by atoms with Crippen LogP contribution in [0.25, 0.3) is 0 Å². The Bertz CT molecular complexity index is 352. The van der Waals surface area contributed by atoms with Gasteiger partial charge in [-0.1, -0.05) is 0 Å². The summed E-state index contributed by atoms with van der Waals surface area (Å²) in [4.78, 5) is 2.31. The zero-order valence-corrected chi connectivity index (χ0v) is 12.7. The maximum Gasteiger partial charge on any atom is 0.0885 e. The van der Waals surface area contributed by atoms with E-state index in [2.05, 4.69) is 22.9 Å². The third-order valence-electron chi connectivity index (χ3n) is 3.36. The summed E-state index contributed by atoms with van der Waals surface area (Å²) in [5, 5.41) is 10.2. The second-order valence-corrected chi connectivity index (χ2v) is 6.86. The summed E-state index contributed by atoms with van der Waals surface area (Å²) in [6.45, 7) is 4.91. The highest BCUT2D eigenvalue weighted by Crippen LogP contribution is 2.39. The van der Waals surface area contributed by atoms with Gasteiger partial charge in [0.2, 0.25) is 0 Å². The highest BCUT2D eigenvalue weighted by atomic mass is 79.9. The minimum absolute atomic E-state index is 0.308. The number of hydrogen-bond acceptors (Lipinski definition) is 3. The van der Waals surface area contributed by atoms with Crippen LogP contribution in [0.2, 0.25) is 0 Å². The normalized spacial score (nSPS) is 25.6. The van der Waals surface area contributed by atoms with E-state index in [0.717, 1.165) is 35.2 Å². The first-order chi connectivity index (χ1) is 8.10. The van der Waals surface area contributed by atoms with Gasteiger partial charge in [0.15, 0.2) is 0 Å². The average Bonchev–Trinajstić information content (AvgIpc) is 2.56. The van der Waals surface area contributed by atoms with E-state index >= 15 is 0 Å². The fourth-order valence-corrected chi connectivity index (χ4v) is 3.88. The van der Waals surface area contributed by atoms with Crippen LogP contribution in [-0.4, -0.2) is 17.8 Å². The molecule has 1 unspecified atom stereocenters. The summed E-state index contributed by atoms with van der Waals surface area (Å²) in [6.07, 6.45) is 3.22. The lowest BCUT2D eigenvalue weighted by Crippen LogP contribution is -2.32. The zero-order chi connectivity index (χ0) is 12.4. The third-order valence-corrected chi connectivity index (χ3v) is 5.59. The van der Waals surface area contributed by atoms with Gasteiger partial charge in [-0.05, 0) is 61.0 Å². The lowest BCUT2D eigenvalue weighted by atomic mass is 9.78. The van der Waals surface area contributed by atoms with Crippen LogP contribution in [0.5, 0.6) is 0 Å². The van der Waals surface area contributed by atoms with Gasteiger partial charge in [-0.25, -0.2) is 0 Å². The van der Waals surface area contributed by atoms with Crippen molar-refractivity contribution in [1.29, 1.82) is 0 Å². The van der Waals surface area contributed by atoms with Crippen LogP contribution in [0.3, 0.4) is 0 Å². The van der Waals surface area contributed by atoms with E-state index in [1.54, 1.807) is 11.3 Å². The number of halogens is 1. The maximum atomic E-state index is 10.2. The molecule has 0 bridgehead atoms. The summed E-state index contributed by atoms with van der Waals surface area (Å²) in [7, 11) is 0. The van der Waals surface area contributed by atoms with E-state index in [0.29, 0.717) is 12.0 Å². The fourth-order valence-electron chi connectivity index (χ4n) is 2.32. The van der Waals surface area contributed by atoms with Crippen LogP contribution in [0, 0.1) is 12.8 Å². The molecule has 1 atom stereocenters. The molecule has 1 heterocycles. The molecule has 0 amide bonds. The van der Waals surface area contributed by atoms with Crippen LogP contribution >= 0.6 is 27.3 Å². The van der Waals surface area contributed by atoms with Crippen LogP contribution in [0.1, 0.15) is 42.0 Å². The smallest absolute Gasteiger partial charge is 0.0885 e. The molecule has 4 heteroatoms. The van der Waals surface area contributed by atoms with E-state index in [1.165, 1.54) is 4.88 Å². The van der Waals surface area contributed by atoms with Crippen molar-refractivity contribution in [2.45, 2.75) is 45.3 Å². The van der Waals surface area contributed by atoms with Crippen molar-refractivity contribution < 1.29 is 9.84 Å². The quantitative estimate of drug-likeness (QED) is 0.887. The number of rotatable bonds is 5. The predicted octanol–water partition coefficient (Wildman–Crippen LogP) is 4.06. The van der Waals surface area contributed by atoms with Gasteiger partial charge in [-0.3, -0.25) is 0 Å². The van der Waals surface area contributed by atoms with E-state index < -0.39 is 0 Å². The molecule has 96 valence electrons. The Morgan fingerprint density at radius 1 is 1.59 bits per heavy atom. The standard InChI is InChI=1S/C13H19BrO2S/c1-3-16-10-4-9(5-10)6-12(15)13-7-11(14)8(2)17-13/h7,9-10,12,15H,3-6H2,1-2H3. The zero-order valence-electron chi connectivity index (χ0n) is 10.3. The van der Waals surface area contributed by atoms with Crippen molar-refractivity contribution in [3.63, 3.8) is 0 Å². The molecule has 1 saturated carbocycles. The first-order valence-electron chi connectivity index (χ1n) is 6.15. The molecule has 2 rings (SSSR count). The number of hydrogen-bond donors (Lipinski definition) is 1. The van der Waals surface area contributed by atoms with Gasteiger partial charge < -0.3 is 9.84 Å². The number of aryl methyl sites for hydroxylation is 1. The minimum atomic E-state index is -0.308. The van der Waals surface area contributed by atoms with Crippen molar-refractivity contribution in [2.75, 3.05) is 6.61 Å². The fraction of sp³-hybridized carbons (Fsp3) is 0.692. The van der Waals surface area contributed by atoms with Gasteiger partial charge in [0.25, 0.3) is 0 Å². The molecular formula is C13H19BrO2S. The van der Waals surface area contributed by atoms with Crippen LogP contribution in [0.15, 0.2) is 10.5 Å². The topological polar surface area (TPSA) is 29.5 Å². The van der Waals surface area contributed by atoms with Crippen molar-refractivity contribution in [2.24, 2.45) is 5.92 Å². The monoisotopic (exact) mass is 318 g/mol. The Balaban J connectivity index is 1.80. The van der Waals surface area contributed by atoms with Crippen LogP contribution in [-0.2, 0) is 4.74 Å². The molecule has 0 radical (unpaired) electrons. The van der Waals surface area contributed by atoms with Gasteiger partial charge in [0, 0.05) is 20.8 Å². The van der Waals surface area contributed by atoms with Crippen molar-refractivity contribution >= 4 is 27.3 Å². The Labute approximate surface area is 115 Å². The molecular weight excluding hydrogens is 300 g/mol. The molecule has 1 aliphatic carbocycles. The van der Waals surface area contributed by atoms with E-state index in [4.69, 9.17) is 4.74 Å². The Morgan fingerprint density at radius 3 is 2.82 bits per heavy atom. The molecule has 1 N–H and O–H groups in total. The third kappa shape index (κ3) is 3.31. The molecule has 1 fully saturated rings. The largest absolute Gasteiger partial charge is 0.388 e. The highest BCUT2D eigenvalue weighted by molar-refractivity contribution is 9.10. The molecule has 1 aromatic rings. The average molecular weight is 319 g/mol. The SMILES string of the molecule is CCOC1CC(CC(O)c2cc(Br)c(C)s2)C1. The van der Waals surface area contributed by atoms with Gasteiger partial charge >= 0.3 is 0 Å². The summed E-state index contributed by atoms with van der Waals surface area (Å²) in [5.41, 5.74) is 0. The summed E-state index contributed by atoms with van der Waals surface area (Å²) in [5.74, 6) is 0.628. The Hall–Kier alpha value is 0.1000. The second kappa shape index (κ2) is 5.83. The first-order valence-corrected chi connectivity index (χ1v) is 7.76. The summed E-state index contributed by atoms with van der Waals surface area (Å²) >= 11 is 5.17. The number of aliphatic hydroxyl groups is 1. The maximum absolute atomic E-state index is 10.2. The molecule has 1 aliphatic rings. The molecule has 0 saturated heterocycles. The predicted molar refractivity (Wildman–Crippen MR) is 74.5 cm³/mol. The molecule has 0 aliphatic heterocycles. The van der Waals surface area contributed by atoms with E-state index in [9.17, 15) is 5.11 Å². The van der Waals surface area contributed by atoms with Gasteiger partial charge in [0.1, 0.15) is 0 Å². The number of ether oxygens (including phenoxy) is 1. The first kappa shape index (κ1) is 13.5. The molecule has 0 aromatic carbocycles. The molecule has 2 nitrogen and oxygen atoms in total. The number of thiophene rings is 1. The summed E-state index contributed by atoms with van der Waals surface area (Å²) in [6, 6.07) is 2.04. The summed E-state index contributed by atoms with van der Waals surface area (Å²) < 4.78 is 6.64. The van der Waals surface area contributed by atoms with Gasteiger partial charge in [-0.2, -0.15) is 0 Å². The molecule has 0 spiro atoms. The van der Waals surface area contributed by atoms with Crippen molar-refractivity contribution in [3.8, 4) is 0 Å². The highest BCUT2D eigenvalue weighted by Gasteiger charge is 2.31. The Kier molecular flexibility index (Phi) is 4.64. The second-order valence-electron chi connectivity index (χ2n) is 4.72. The van der Waals surface area contributed by atoms with E-state index in [-0.39, 0.29) is 6.10 Å². The lowest BCUT2D eigenvalue weighted by molar-refractivity contribution is -0.0377. The molecule has 17 heavy (non-hydrogen) atoms. The lowest BCUT2D eigenvalue weighted by Gasteiger charge is -2.35. The van der Waals surface area contributed by atoms with E-state index in [1.807, 2.05) is 13.0 Å². The van der Waals surface area contributed by atoms with Crippen molar-refractivity contribution in [3.05, 3.63) is 20.3 Å². The van der Waals surface area contributed by atoms with Crippen LogP contribution in [0.4, 0.5) is 0 Å². The van der Waals surface area contributed by atoms with Gasteiger partial charge in [0.05, 0.1) is 12.2 Å². The van der Waals surface area contributed by atoms with Crippen LogP contribution < -0.4 is 0 Å².